The van der Waals surface area contributed by atoms with E-state index in [0.29, 0.717) is 22.8 Å². The van der Waals surface area contributed by atoms with Crippen molar-refractivity contribution in [2.45, 2.75) is 20.8 Å². The minimum Gasteiger partial charge on any atom is -0.302 e. The predicted octanol–water partition coefficient (Wildman–Crippen LogP) is 5.15. The number of hydrogen-bond donors (Lipinski definition) is 0. The van der Waals surface area contributed by atoms with Crippen LogP contribution in [0.25, 0.3) is 10.2 Å². The van der Waals surface area contributed by atoms with Gasteiger partial charge in [0.15, 0.2) is 5.13 Å². The molecule has 0 saturated carbocycles. The molecule has 150 valence electrons. The second-order valence-electron chi connectivity index (χ2n) is 6.38. The molecule has 0 unspecified atom stereocenters. The molecule has 0 atom stereocenters. The van der Waals surface area contributed by atoms with Crippen LogP contribution in [0.15, 0.2) is 42.5 Å². The van der Waals surface area contributed by atoms with Crippen LogP contribution < -0.4 is 4.90 Å². The maximum Gasteiger partial charge on any atom is 0.260 e. The van der Waals surface area contributed by atoms with E-state index in [1.807, 2.05) is 37.3 Å². The van der Waals surface area contributed by atoms with Crippen molar-refractivity contribution >= 4 is 45.0 Å². The van der Waals surface area contributed by atoms with Crippen molar-refractivity contribution < 1.29 is 9.18 Å². The van der Waals surface area contributed by atoms with Crippen LogP contribution in [0.2, 0.25) is 0 Å². The third kappa shape index (κ3) is 4.69. The fraction of sp³-hybridized carbons (Fsp3) is 0.333. The van der Waals surface area contributed by atoms with E-state index in [0.717, 1.165) is 29.9 Å². The molecule has 1 heterocycles. The predicted molar refractivity (Wildman–Crippen MR) is 117 cm³/mol. The first-order chi connectivity index (χ1) is 13.0. The quantitative estimate of drug-likeness (QED) is 0.529. The van der Waals surface area contributed by atoms with Crippen molar-refractivity contribution in [1.29, 1.82) is 0 Å². The molecule has 4 nitrogen and oxygen atoms in total. The van der Waals surface area contributed by atoms with Crippen molar-refractivity contribution in [1.82, 2.24) is 9.88 Å². The van der Waals surface area contributed by atoms with Gasteiger partial charge in [-0.2, -0.15) is 0 Å². The van der Waals surface area contributed by atoms with Gasteiger partial charge >= 0.3 is 0 Å². The molecule has 3 aromatic rings. The Kier molecular flexibility index (Phi) is 7.92. The number of para-hydroxylation sites is 1. The summed E-state index contributed by atoms with van der Waals surface area (Å²) in [5, 5.41) is 0.538. The van der Waals surface area contributed by atoms with Gasteiger partial charge in [0.1, 0.15) is 11.3 Å². The molecular formula is C21H25ClFN3OS. The summed E-state index contributed by atoms with van der Waals surface area (Å²) in [5.74, 6) is -0.457. The Morgan fingerprint density at radius 2 is 1.79 bits per heavy atom. The monoisotopic (exact) mass is 421 g/mol. The zero-order chi connectivity index (χ0) is 19.4. The van der Waals surface area contributed by atoms with Crippen LogP contribution in [-0.4, -0.2) is 42.0 Å². The van der Waals surface area contributed by atoms with E-state index in [1.165, 1.54) is 17.4 Å². The van der Waals surface area contributed by atoms with Gasteiger partial charge in [0, 0.05) is 18.7 Å². The zero-order valence-electron chi connectivity index (χ0n) is 16.3. The first-order valence-electron chi connectivity index (χ1n) is 9.20. The summed E-state index contributed by atoms with van der Waals surface area (Å²) in [6.45, 7) is 9.20. The lowest BCUT2D eigenvalue weighted by atomic mass is 10.1. The molecule has 0 aliphatic heterocycles. The highest BCUT2D eigenvalue weighted by Crippen LogP contribution is 2.31. The van der Waals surface area contributed by atoms with Gasteiger partial charge in [-0.15, -0.1) is 12.4 Å². The number of likely N-dealkylation sites (N-methyl/N-ethyl adjacent to an activating group) is 1. The molecule has 7 heteroatoms. The third-order valence-corrected chi connectivity index (χ3v) is 5.79. The molecule has 1 aromatic heterocycles. The average molecular weight is 422 g/mol. The molecule has 1 amide bonds. The van der Waals surface area contributed by atoms with E-state index in [2.05, 4.69) is 23.7 Å². The molecule has 2 aromatic carbocycles. The van der Waals surface area contributed by atoms with Crippen LogP contribution in [0, 0.1) is 12.7 Å². The number of fused-ring (bicyclic) bond motifs is 1. The van der Waals surface area contributed by atoms with Crippen molar-refractivity contribution in [3.63, 3.8) is 0 Å². The molecule has 0 N–H and O–H groups in total. The number of amides is 1. The lowest BCUT2D eigenvalue weighted by molar-refractivity contribution is 0.0983. The maximum atomic E-state index is 14.1. The molecule has 0 bridgehead atoms. The Morgan fingerprint density at radius 1 is 1.07 bits per heavy atom. The molecule has 0 aliphatic rings. The van der Waals surface area contributed by atoms with Crippen molar-refractivity contribution in [3.05, 3.63) is 59.4 Å². The number of nitrogens with zero attached hydrogens (tertiary/aromatic N) is 3. The summed E-state index contributed by atoms with van der Waals surface area (Å²) in [7, 11) is 0. The number of aryl methyl sites for hydroxylation is 1. The van der Waals surface area contributed by atoms with Gasteiger partial charge in [-0.05, 0) is 43.8 Å². The van der Waals surface area contributed by atoms with Gasteiger partial charge in [-0.3, -0.25) is 9.69 Å². The van der Waals surface area contributed by atoms with Gasteiger partial charge in [-0.25, -0.2) is 9.37 Å². The van der Waals surface area contributed by atoms with Crippen LogP contribution in [-0.2, 0) is 0 Å². The summed E-state index contributed by atoms with van der Waals surface area (Å²) in [4.78, 5) is 21.7. The van der Waals surface area contributed by atoms with Crippen LogP contribution in [0.5, 0.6) is 0 Å². The number of carbonyl (C=O) groups is 1. The summed E-state index contributed by atoms with van der Waals surface area (Å²) in [5.41, 5.74) is 1.89. The van der Waals surface area contributed by atoms with Crippen molar-refractivity contribution in [3.8, 4) is 0 Å². The molecular weight excluding hydrogens is 397 g/mol. The highest BCUT2D eigenvalue weighted by Gasteiger charge is 2.23. The second kappa shape index (κ2) is 9.96. The first kappa shape index (κ1) is 22.3. The molecule has 0 radical (unpaired) electrons. The molecule has 0 saturated heterocycles. The molecule has 0 spiro atoms. The molecule has 0 aliphatic carbocycles. The van der Waals surface area contributed by atoms with Gasteiger partial charge in [0.25, 0.3) is 5.91 Å². The largest absolute Gasteiger partial charge is 0.302 e. The summed E-state index contributed by atoms with van der Waals surface area (Å²) >= 11 is 1.35. The first-order valence-corrected chi connectivity index (χ1v) is 10.0. The molecule has 28 heavy (non-hydrogen) atoms. The van der Waals surface area contributed by atoms with Crippen LogP contribution in [0.1, 0.15) is 29.8 Å². The van der Waals surface area contributed by atoms with Gasteiger partial charge in [-0.1, -0.05) is 49.4 Å². The van der Waals surface area contributed by atoms with Crippen LogP contribution in [0.3, 0.4) is 0 Å². The number of rotatable bonds is 7. The van der Waals surface area contributed by atoms with Gasteiger partial charge in [0.05, 0.1) is 4.70 Å². The third-order valence-electron chi connectivity index (χ3n) is 4.74. The van der Waals surface area contributed by atoms with Crippen LogP contribution >= 0.6 is 23.7 Å². The number of anilines is 1. The second-order valence-corrected chi connectivity index (χ2v) is 7.39. The van der Waals surface area contributed by atoms with E-state index in [-0.39, 0.29) is 24.1 Å². The smallest absolute Gasteiger partial charge is 0.260 e. The van der Waals surface area contributed by atoms with Crippen LogP contribution in [0.4, 0.5) is 9.52 Å². The fourth-order valence-electron chi connectivity index (χ4n) is 3.04. The Bertz CT molecular complexity index is 942. The number of carbonyl (C=O) groups excluding carboxylic acids is 1. The Hall–Kier alpha value is -2.02. The van der Waals surface area contributed by atoms with Crippen molar-refractivity contribution in [2.24, 2.45) is 0 Å². The van der Waals surface area contributed by atoms with E-state index in [9.17, 15) is 9.18 Å². The fourth-order valence-corrected chi connectivity index (χ4v) is 4.05. The standard InChI is InChI=1S/C21H24FN3OS.ClH/c1-4-24(5-2)13-14-25(20(26)16-10-7-6-9-15(16)3)21-23-19-17(22)11-8-12-18(19)27-21;/h6-12H,4-5,13-14H2,1-3H3;1H. The Morgan fingerprint density at radius 3 is 2.43 bits per heavy atom. The Balaban J connectivity index is 0.00000280. The molecule has 0 fully saturated rings. The number of hydrogen-bond acceptors (Lipinski definition) is 4. The van der Waals surface area contributed by atoms with E-state index >= 15 is 0 Å². The highest BCUT2D eigenvalue weighted by atomic mass is 35.5. The minimum atomic E-state index is -0.359. The number of aromatic nitrogens is 1. The van der Waals surface area contributed by atoms with Gasteiger partial charge < -0.3 is 4.90 Å². The number of halogens is 2. The Labute approximate surface area is 175 Å². The minimum absolute atomic E-state index is 0. The summed E-state index contributed by atoms with van der Waals surface area (Å²) in [6, 6.07) is 12.4. The topological polar surface area (TPSA) is 36.4 Å². The average Bonchev–Trinajstić information content (AvgIpc) is 3.10. The lowest BCUT2D eigenvalue weighted by Crippen LogP contribution is -2.39. The SMILES string of the molecule is CCN(CC)CCN(C(=O)c1ccccc1C)c1nc2c(F)cccc2s1.Cl. The summed E-state index contributed by atoms with van der Waals surface area (Å²) in [6.07, 6.45) is 0. The number of benzene rings is 2. The maximum absolute atomic E-state index is 14.1. The molecule has 3 rings (SSSR count). The van der Waals surface area contributed by atoms with E-state index in [1.54, 1.807) is 11.0 Å². The summed E-state index contributed by atoms with van der Waals surface area (Å²) < 4.78 is 14.9. The number of thiazole rings is 1. The normalized spacial score (nSPS) is 10.9. The van der Waals surface area contributed by atoms with Gasteiger partial charge in [0.2, 0.25) is 0 Å². The lowest BCUT2D eigenvalue weighted by Gasteiger charge is -2.25. The van der Waals surface area contributed by atoms with E-state index in [4.69, 9.17) is 0 Å². The highest BCUT2D eigenvalue weighted by molar-refractivity contribution is 7.22. The zero-order valence-corrected chi connectivity index (χ0v) is 17.9. The van der Waals surface area contributed by atoms with Crippen molar-refractivity contribution in [2.75, 3.05) is 31.1 Å². The van der Waals surface area contributed by atoms with E-state index < -0.39 is 0 Å².